The molecule has 0 radical (unpaired) electrons. The maximum Gasteiger partial charge on any atom is 0.309 e. The van der Waals surface area contributed by atoms with E-state index in [0.717, 1.165) is 23.4 Å². The van der Waals surface area contributed by atoms with E-state index in [0.29, 0.717) is 19.4 Å². The number of fused-ring (bicyclic) bond motifs is 3. The molecule has 9 nitrogen and oxygen atoms in total. The Balaban J connectivity index is 1.21. The number of aliphatic hydroxyl groups excluding tert-OH is 1. The van der Waals surface area contributed by atoms with Crippen LogP contribution in [0, 0.1) is 35.5 Å². The summed E-state index contributed by atoms with van der Waals surface area (Å²) in [6, 6.07) is 7.56. The molecule has 5 heterocycles. The zero-order chi connectivity index (χ0) is 26.6. The van der Waals surface area contributed by atoms with Gasteiger partial charge in [0, 0.05) is 30.1 Å². The molecule has 3 saturated heterocycles. The Labute approximate surface area is 222 Å². The van der Waals surface area contributed by atoms with E-state index in [4.69, 9.17) is 19.3 Å². The highest BCUT2D eigenvalue weighted by Gasteiger charge is 2.66. The van der Waals surface area contributed by atoms with Gasteiger partial charge in [0.15, 0.2) is 0 Å². The molecule has 1 spiro atoms. The fourth-order valence-corrected chi connectivity index (χ4v) is 9.03. The van der Waals surface area contributed by atoms with Crippen molar-refractivity contribution in [3.05, 3.63) is 29.8 Å². The van der Waals surface area contributed by atoms with Crippen molar-refractivity contribution < 1.29 is 34.1 Å². The summed E-state index contributed by atoms with van der Waals surface area (Å²) in [5.74, 6) is -0.660. The molecular weight excluding hydrogens is 488 g/mol. The van der Waals surface area contributed by atoms with Crippen molar-refractivity contribution >= 4 is 23.3 Å². The van der Waals surface area contributed by atoms with Gasteiger partial charge in [-0.05, 0) is 56.1 Å². The molecule has 5 fully saturated rings. The van der Waals surface area contributed by atoms with Crippen LogP contribution in [0.15, 0.2) is 29.3 Å². The Morgan fingerprint density at radius 3 is 2.82 bits per heavy atom. The Hall–Kier alpha value is -2.33. The Morgan fingerprint density at radius 2 is 2.05 bits per heavy atom. The number of anilines is 1. The van der Waals surface area contributed by atoms with Gasteiger partial charge in [-0.2, -0.15) is 5.06 Å². The van der Waals surface area contributed by atoms with Gasteiger partial charge < -0.3 is 19.7 Å². The second kappa shape index (κ2) is 8.34. The first-order valence-corrected chi connectivity index (χ1v) is 13.9. The quantitative estimate of drug-likeness (QED) is 0.566. The first-order valence-electron chi connectivity index (χ1n) is 13.9. The third-order valence-electron chi connectivity index (χ3n) is 10.7. The largest absolute Gasteiger partial charge is 0.462 e. The van der Waals surface area contributed by atoms with Crippen molar-refractivity contribution in [1.82, 2.24) is 0 Å². The van der Waals surface area contributed by atoms with Crippen molar-refractivity contribution in [2.24, 2.45) is 40.5 Å². The molecule has 204 valence electrons. The maximum absolute atomic E-state index is 13.9. The minimum Gasteiger partial charge on any atom is -0.462 e. The molecule has 1 aromatic carbocycles. The number of aliphatic hydroxyl groups is 2. The lowest BCUT2D eigenvalue weighted by molar-refractivity contribution is -0.146. The average molecular weight is 525 g/mol. The van der Waals surface area contributed by atoms with E-state index < -0.39 is 16.9 Å². The van der Waals surface area contributed by atoms with Crippen LogP contribution in [0.3, 0.4) is 0 Å². The number of esters is 1. The van der Waals surface area contributed by atoms with E-state index in [2.05, 4.69) is 6.92 Å². The van der Waals surface area contributed by atoms with E-state index in [-0.39, 0.29) is 72.7 Å². The molecule has 8 rings (SSSR count). The molecule has 1 amide bonds. The molecule has 0 unspecified atom stereocenters. The number of ether oxygens (including phenoxy) is 2. The molecular formula is C29H36N2O7. The standard InChI is InChI=1S/C29H36N2O7/c1-14-8-22-24(17(14)12-32)16(26(33)38-22)10-28(2,35)25-15-9-23-29(11-20(30-25)18(15)13-37-23)19-6-4-5-7-21(19)31(36-3)27(29)34/h4-7,14-18,20,22-24,32,35H,8-13H2,1-3H3/t14-,15+,16-,17+,18-,20-,22-,23+,24+,28+,29-/m0/s1. The summed E-state index contributed by atoms with van der Waals surface area (Å²) in [6.45, 7) is 4.35. The highest BCUT2D eigenvalue weighted by molar-refractivity contribution is 6.08. The molecule has 2 aliphatic carbocycles. The van der Waals surface area contributed by atoms with Crippen LogP contribution in [-0.2, 0) is 29.3 Å². The fraction of sp³-hybridized carbons (Fsp3) is 0.690. The first kappa shape index (κ1) is 24.7. The zero-order valence-electron chi connectivity index (χ0n) is 22.1. The molecule has 7 aliphatic rings. The monoisotopic (exact) mass is 524 g/mol. The van der Waals surface area contributed by atoms with Crippen LogP contribution in [0.4, 0.5) is 5.69 Å². The number of benzene rings is 1. The number of carbonyl (C=O) groups excluding carboxylic acids is 2. The lowest BCUT2D eigenvalue weighted by atomic mass is 9.70. The molecule has 2 saturated carbocycles. The summed E-state index contributed by atoms with van der Waals surface area (Å²) >= 11 is 0. The van der Waals surface area contributed by atoms with E-state index in [9.17, 15) is 19.8 Å². The van der Waals surface area contributed by atoms with Gasteiger partial charge >= 0.3 is 5.97 Å². The van der Waals surface area contributed by atoms with Gasteiger partial charge in [0.2, 0.25) is 0 Å². The maximum atomic E-state index is 13.9. The Kier molecular flexibility index (Phi) is 5.42. The number of nitrogens with zero attached hydrogens (tertiary/aromatic N) is 2. The number of hydrogen-bond acceptors (Lipinski definition) is 8. The normalized spacial score (nSPS) is 44.2. The Morgan fingerprint density at radius 1 is 1.26 bits per heavy atom. The van der Waals surface area contributed by atoms with Crippen LogP contribution in [0.2, 0.25) is 0 Å². The van der Waals surface area contributed by atoms with E-state index in [1.807, 2.05) is 24.3 Å². The van der Waals surface area contributed by atoms with E-state index >= 15 is 0 Å². The minimum atomic E-state index is -1.30. The molecule has 9 heteroatoms. The molecule has 2 N–H and O–H groups in total. The van der Waals surface area contributed by atoms with E-state index in [1.54, 1.807) is 6.92 Å². The van der Waals surface area contributed by atoms with Crippen LogP contribution in [0.25, 0.3) is 0 Å². The first-order chi connectivity index (χ1) is 18.2. The molecule has 1 aromatic rings. The number of para-hydroxylation sites is 1. The predicted octanol–water partition coefficient (Wildman–Crippen LogP) is 2.03. The number of hydrogen-bond donors (Lipinski definition) is 2. The van der Waals surface area contributed by atoms with Crippen LogP contribution in [0.5, 0.6) is 0 Å². The molecule has 11 atom stereocenters. The SMILES string of the molecule is CON1C(=O)[C@@]2(C[C@@H]3N=C([C@](C)(O)C[C@@H]4C(=O)O[C@H]5C[C@H](C)[C@@H](CO)[C@H]54)[C@@H]4C[C@H]2OC[C@H]34)c2ccccc21. The smallest absolute Gasteiger partial charge is 0.309 e. The second-order valence-electron chi connectivity index (χ2n) is 12.6. The van der Waals surface area contributed by atoms with Crippen molar-refractivity contribution in [3.8, 4) is 0 Å². The van der Waals surface area contributed by atoms with Gasteiger partial charge in [-0.3, -0.25) is 19.4 Å². The number of hydroxylamine groups is 1. The molecule has 0 aromatic heterocycles. The van der Waals surface area contributed by atoms with Gasteiger partial charge in [0.1, 0.15) is 17.1 Å². The zero-order valence-corrected chi connectivity index (χ0v) is 22.1. The molecule has 5 aliphatic heterocycles. The summed E-state index contributed by atoms with van der Waals surface area (Å²) in [7, 11) is 1.51. The van der Waals surface area contributed by atoms with Gasteiger partial charge in [0.25, 0.3) is 5.91 Å². The third-order valence-corrected chi connectivity index (χ3v) is 10.7. The highest BCUT2D eigenvalue weighted by atomic mass is 16.7. The van der Waals surface area contributed by atoms with E-state index in [1.165, 1.54) is 12.2 Å². The molecule has 38 heavy (non-hydrogen) atoms. The summed E-state index contributed by atoms with van der Waals surface area (Å²) in [4.78, 5) is 37.4. The summed E-state index contributed by atoms with van der Waals surface area (Å²) in [5, 5.41) is 23.3. The topological polar surface area (TPSA) is 118 Å². The van der Waals surface area contributed by atoms with Crippen molar-refractivity contribution in [2.45, 2.75) is 68.8 Å². The number of rotatable bonds is 5. The van der Waals surface area contributed by atoms with Crippen LogP contribution in [0.1, 0.15) is 45.1 Å². The second-order valence-corrected chi connectivity index (χ2v) is 12.6. The highest BCUT2D eigenvalue weighted by Crippen LogP contribution is 2.58. The fourth-order valence-electron chi connectivity index (χ4n) is 9.03. The van der Waals surface area contributed by atoms with Gasteiger partial charge in [-0.1, -0.05) is 25.1 Å². The van der Waals surface area contributed by atoms with Crippen LogP contribution < -0.4 is 5.06 Å². The lowest BCUT2D eigenvalue weighted by Gasteiger charge is -2.41. The number of aliphatic imine (C=N–C) groups is 1. The van der Waals surface area contributed by atoms with Crippen molar-refractivity contribution in [3.63, 3.8) is 0 Å². The summed E-state index contributed by atoms with van der Waals surface area (Å²) < 4.78 is 12.1. The Bertz CT molecular complexity index is 1220. The summed E-state index contributed by atoms with van der Waals surface area (Å²) in [6.07, 6.45) is 1.49. The predicted molar refractivity (Wildman–Crippen MR) is 136 cm³/mol. The van der Waals surface area contributed by atoms with Gasteiger partial charge in [-0.25, -0.2) is 0 Å². The average Bonchev–Trinajstić information content (AvgIpc) is 3.51. The van der Waals surface area contributed by atoms with Crippen LogP contribution >= 0.6 is 0 Å². The number of carbonyl (C=O) groups is 2. The van der Waals surface area contributed by atoms with Crippen LogP contribution in [-0.4, -0.2) is 72.0 Å². The third kappa shape index (κ3) is 3.10. The van der Waals surface area contributed by atoms with Gasteiger partial charge in [-0.15, -0.1) is 0 Å². The van der Waals surface area contributed by atoms with Crippen molar-refractivity contribution in [2.75, 3.05) is 25.4 Å². The molecule has 4 bridgehead atoms. The van der Waals surface area contributed by atoms with Gasteiger partial charge in [0.05, 0.1) is 37.5 Å². The minimum absolute atomic E-state index is 0.0124. The van der Waals surface area contributed by atoms with Crippen molar-refractivity contribution in [1.29, 1.82) is 0 Å². The summed E-state index contributed by atoms with van der Waals surface area (Å²) in [5.41, 5.74) is 0.211. The number of amides is 1. The lowest BCUT2D eigenvalue weighted by Crippen LogP contribution is -2.53.